The molecule has 0 bridgehead atoms. The molecule has 10 heteroatoms. The molecule has 1 aromatic heterocycles. The van der Waals surface area contributed by atoms with E-state index in [9.17, 15) is 18.5 Å². The van der Waals surface area contributed by atoms with E-state index < -0.39 is 28.2 Å². The van der Waals surface area contributed by atoms with E-state index in [-0.39, 0.29) is 4.90 Å². The maximum Gasteiger partial charge on any atom is 0.488 e. The smallest absolute Gasteiger partial charge is 0.423 e. The quantitative estimate of drug-likeness (QED) is 0.299. The van der Waals surface area contributed by atoms with Gasteiger partial charge in [-0.2, -0.15) is 0 Å². The number of aliphatic hydroxyl groups is 2. The van der Waals surface area contributed by atoms with Gasteiger partial charge in [0.15, 0.2) is 9.84 Å². The SMILES string of the molecule is CC(C)(O)C(C)(C)O.Cn1ccnc1C(=Cc1cccc(B(O)O)c1)c1ccc(S(C)(=O)=O)cc1. The number of hydrogen-bond donors (Lipinski definition) is 4. The Morgan fingerprint density at radius 1 is 1.00 bits per heavy atom. The third-order valence-corrected chi connectivity index (χ3v) is 6.80. The lowest BCUT2D eigenvalue weighted by Gasteiger charge is -2.31. The molecule has 0 aliphatic carbocycles. The Bertz CT molecular complexity index is 1260. The molecule has 0 aliphatic rings. The summed E-state index contributed by atoms with van der Waals surface area (Å²) in [5.74, 6) is 0.706. The van der Waals surface area contributed by atoms with Crippen LogP contribution in [0.1, 0.15) is 44.6 Å². The van der Waals surface area contributed by atoms with Gasteiger partial charge in [-0.25, -0.2) is 13.4 Å². The number of hydrogen-bond acceptors (Lipinski definition) is 7. The van der Waals surface area contributed by atoms with Crippen LogP contribution in [0.15, 0.2) is 65.8 Å². The third-order valence-electron chi connectivity index (χ3n) is 5.67. The number of sulfone groups is 1. The van der Waals surface area contributed by atoms with E-state index in [1.54, 1.807) is 76.4 Å². The van der Waals surface area contributed by atoms with Crippen molar-refractivity contribution in [2.45, 2.75) is 43.8 Å². The van der Waals surface area contributed by atoms with Gasteiger partial charge in [-0.15, -0.1) is 0 Å². The molecule has 0 unspecified atom stereocenters. The molecule has 8 nitrogen and oxygen atoms in total. The fourth-order valence-corrected chi connectivity index (χ4v) is 3.39. The monoisotopic (exact) mass is 500 g/mol. The molecule has 0 amide bonds. The van der Waals surface area contributed by atoms with Gasteiger partial charge in [-0.05, 0) is 62.5 Å². The summed E-state index contributed by atoms with van der Waals surface area (Å²) in [6.07, 6.45) is 6.55. The second-order valence-electron chi connectivity index (χ2n) is 9.38. The van der Waals surface area contributed by atoms with Crippen molar-refractivity contribution in [2.75, 3.05) is 6.26 Å². The van der Waals surface area contributed by atoms with Crippen LogP contribution < -0.4 is 5.46 Å². The predicted molar refractivity (Wildman–Crippen MR) is 139 cm³/mol. The largest absolute Gasteiger partial charge is 0.488 e. The summed E-state index contributed by atoms with van der Waals surface area (Å²) >= 11 is 0. The van der Waals surface area contributed by atoms with E-state index >= 15 is 0 Å². The van der Waals surface area contributed by atoms with Crippen LogP contribution in [-0.4, -0.2) is 62.8 Å². The minimum Gasteiger partial charge on any atom is -0.423 e. The average Bonchev–Trinajstić information content (AvgIpc) is 3.16. The number of aryl methyl sites for hydroxylation is 1. The van der Waals surface area contributed by atoms with Crippen LogP contribution in [-0.2, 0) is 16.9 Å². The minimum atomic E-state index is -3.28. The summed E-state index contributed by atoms with van der Waals surface area (Å²) in [5, 5.41) is 37.0. The third kappa shape index (κ3) is 7.88. The van der Waals surface area contributed by atoms with E-state index in [0.717, 1.165) is 16.7 Å². The first kappa shape index (κ1) is 28.5. The zero-order valence-electron chi connectivity index (χ0n) is 20.8. The Labute approximate surface area is 207 Å². The van der Waals surface area contributed by atoms with Crippen molar-refractivity contribution in [1.82, 2.24) is 9.55 Å². The van der Waals surface area contributed by atoms with Gasteiger partial charge < -0.3 is 24.8 Å². The Morgan fingerprint density at radius 3 is 2.00 bits per heavy atom. The maximum atomic E-state index is 11.7. The van der Waals surface area contributed by atoms with Crippen LogP contribution in [0.5, 0.6) is 0 Å². The second kappa shape index (κ2) is 10.9. The molecular formula is C25H33BN2O6S. The van der Waals surface area contributed by atoms with Gasteiger partial charge in [0.05, 0.1) is 16.1 Å². The summed E-state index contributed by atoms with van der Waals surface area (Å²) in [6.45, 7) is 6.31. The molecular weight excluding hydrogens is 467 g/mol. The lowest BCUT2D eigenvalue weighted by Crippen LogP contribution is -2.44. The zero-order chi connectivity index (χ0) is 26.6. The van der Waals surface area contributed by atoms with Gasteiger partial charge in [0.2, 0.25) is 0 Å². The van der Waals surface area contributed by atoms with Crippen molar-refractivity contribution >= 4 is 34.1 Å². The number of nitrogens with zero attached hydrogens (tertiary/aromatic N) is 2. The first-order chi connectivity index (χ1) is 16.0. The highest BCUT2D eigenvalue weighted by Gasteiger charge is 2.32. The van der Waals surface area contributed by atoms with E-state index in [1.165, 1.54) is 6.26 Å². The number of rotatable bonds is 6. The number of aromatic nitrogens is 2. The lowest BCUT2D eigenvalue weighted by atomic mass is 9.79. The second-order valence-corrected chi connectivity index (χ2v) is 11.4. The van der Waals surface area contributed by atoms with E-state index in [0.29, 0.717) is 11.3 Å². The fourth-order valence-electron chi connectivity index (χ4n) is 2.76. The van der Waals surface area contributed by atoms with Crippen molar-refractivity contribution in [1.29, 1.82) is 0 Å². The van der Waals surface area contributed by atoms with Crippen molar-refractivity contribution in [3.63, 3.8) is 0 Å². The molecule has 0 saturated heterocycles. The van der Waals surface area contributed by atoms with Gasteiger partial charge in [-0.3, -0.25) is 0 Å². The molecule has 2 aromatic carbocycles. The van der Waals surface area contributed by atoms with Gasteiger partial charge >= 0.3 is 7.12 Å². The summed E-state index contributed by atoms with van der Waals surface area (Å²) < 4.78 is 25.3. The molecule has 0 spiro atoms. The molecule has 35 heavy (non-hydrogen) atoms. The average molecular weight is 500 g/mol. The van der Waals surface area contributed by atoms with Crippen LogP contribution in [0.3, 0.4) is 0 Å². The molecule has 0 fully saturated rings. The topological polar surface area (TPSA) is 133 Å². The highest BCUT2D eigenvalue weighted by molar-refractivity contribution is 7.90. The molecule has 0 radical (unpaired) electrons. The molecule has 1 heterocycles. The zero-order valence-corrected chi connectivity index (χ0v) is 21.7. The molecule has 3 aromatic rings. The van der Waals surface area contributed by atoms with Gasteiger partial charge in [0, 0.05) is 31.3 Å². The van der Waals surface area contributed by atoms with Crippen molar-refractivity contribution < 1.29 is 28.7 Å². The highest BCUT2D eigenvalue weighted by atomic mass is 32.2. The standard InChI is InChI=1S/C19H19BN2O4S.C6H14O2/c1-22-11-10-21-19(22)18(13-14-4-3-5-16(12-14)20(23)24)15-6-8-17(9-7-15)27(2,25)26;1-5(2,7)6(3,4)8/h3-13,23-24H,1-2H3;7-8H,1-4H3. The Balaban J connectivity index is 0.000000466. The van der Waals surface area contributed by atoms with E-state index in [4.69, 9.17) is 10.2 Å². The fraction of sp³-hybridized carbons (Fsp3) is 0.320. The Kier molecular flexibility index (Phi) is 8.86. The summed E-state index contributed by atoms with van der Waals surface area (Å²) in [4.78, 5) is 4.64. The summed E-state index contributed by atoms with van der Waals surface area (Å²) in [5.41, 5.74) is 0.722. The predicted octanol–water partition coefficient (Wildman–Crippen LogP) is 1.62. The summed E-state index contributed by atoms with van der Waals surface area (Å²) in [6, 6.07) is 13.5. The Hall–Kier alpha value is -2.76. The van der Waals surface area contributed by atoms with E-state index in [1.807, 2.05) is 30.0 Å². The maximum absolute atomic E-state index is 11.7. The number of benzene rings is 2. The molecule has 188 valence electrons. The van der Waals surface area contributed by atoms with Crippen molar-refractivity contribution in [3.8, 4) is 0 Å². The Morgan fingerprint density at radius 2 is 1.57 bits per heavy atom. The van der Waals surface area contributed by atoms with Crippen LogP contribution in [0.25, 0.3) is 11.6 Å². The lowest BCUT2D eigenvalue weighted by molar-refractivity contribution is -0.107. The molecule has 0 saturated carbocycles. The van der Waals surface area contributed by atoms with E-state index in [2.05, 4.69) is 4.98 Å². The van der Waals surface area contributed by atoms with Crippen molar-refractivity contribution in [3.05, 3.63) is 77.9 Å². The van der Waals surface area contributed by atoms with Crippen LogP contribution >= 0.6 is 0 Å². The first-order valence-electron chi connectivity index (χ1n) is 10.9. The summed E-state index contributed by atoms with van der Waals surface area (Å²) in [7, 11) is -2.96. The minimum absolute atomic E-state index is 0.246. The molecule has 3 rings (SSSR count). The highest BCUT2D eigenvalue weighted by Crippen LogP contribution is 2.26. The van der Waals surface area contributed by atoms with Crippen LogP contribution in [0.4, 0.5) is 0 Å². The molecule has 0 aliphatic heterocycles. The first-order valence-corrected chi connectivity index (χ1v) is 12.8. The van der Waals surface area contributed by atoms with Gasteiger partial charge in [0.1, 0.15) is 5.82 Å². The van der Waals surface area contributed by atoms with Crippen LogP contribution in [0, 0.1) is 0 Å². The molecule has 0 atom stereocenters. The normalized spacial score (nSPS) is 12.7. The number of imidazole rings is 1. The van der Waals surface area contributed by atoms with Gasteiger partial charge in [0.25, 0.3) is 0 Å². The van der Waals surface area contributed by atoms with Crippen LogP contribution in [0.2, 0.25) is 0 Å². The molecule has 4 N–H and O–H groups in total. The van der Waals surface area contributed by atoms with Crippen molar-refractivity contribution in [2.24, 2.45) is 7.05 Å². The van der Waals surface area contributed by atoms with Gasteiger partial charge in [-0.1, -0.05) is 36.4 Å².